The highest BCUT2D eigenvalue weighted by molar-refractivity contribution is 6.30. The van der Waals surface area contributed by atoms with E-state index >= 15 is 0 Å². The second-order valence-electron chi connectivity index (χ2n) is 4.93. The van der Waals surface area contributed by atoms with Crippen molar-refractivity contribution in [2.45, 2.75) is 13.0 Å². The van der Waals surface area contributed by atoms with Crippen LogP contribution < -0.4 is 20.1 Å². The fraction of sp³-hybridized carbons (Fsp3) is 0.188. The van der Waals surface area contributed by atoms with Crippen molar-refractivity contribution >= 4 is 28.9 Å². The minimum Gasteiger partial charge on any atom is -0.454 e. The highest BCUT2D eigenvalue weighted by Gasteiger charge is 2.16. The SMILES string of the molecule is C[C@@H](Nc1ccc2c(c1)OCO2)C(=O)Nc1ccc(Cl)cc1. The first kappa shape index (κ1) is 14.5. The predicted molar refractivity (Wildman–Crippen MR) is 85.7 cm³/mol. The van der Waals surface area contributed by atoms with Gasteiger partial charge in [0.1, 0.15) is 6.04 Å². The summed E-state index contributed by atoms with van der Waals surface area (Å²) in [5.41, 5.74) is 1.50. The van der Waals surface area contributed by atoms with E-state index in [2.05, 4.69) is 10.6 Å². The van der Waals surface area contributed by atoms with Gasteiger partial charge in [0, 0.05) is 22.5 Å². The van der Waals surface area contributed by atoms with Gasteiger partial charge in [-0.15, -0.1) is 0 Å². The van der Waals surface area contributed by atoms with E-state index in [0.717, 1.165) is 5.69 Å². The molecule has 6 heteroatoms. The fourth-order valence-electron chi connectivity index (χ4n) is 2.09. The number of nitrogens with one attached hydrogen (secondary N) is 2. The lowest BCUT2D eigenvalue weighted by Crippen LogP contribution is -2.31. The van der Waals surface area contributed by atoms with Gasteiger partial charge in [0.2, 0.25) is 12.7 Å². The molecule has 5 nitrogen and oxygen atoms in total. The number of ether oxygens (including phenoxy) is 2. The molecule has 1 heterocycles. The van der Waals surface area contributed by atoms with Crippen LogP contribution in [0.4, 0.5) is 11.4 Å². The summed E-state index contributed by atoms with van der Waals surface area (Å²) in [4.78, 5) is 12.2. The van der Waals surface area contributed by atoms with Crippen LogP contribution in [0.15, 0.2) is 42.5 Å². The molecule has 2 aromatic rings. The van der Waals surface area contributed by atoms with Crippen molar-refractivity contribution in [3.05, 3.63) is 47.5 Å². The summed E-state index contributed by atoms with van der Waals surface area (Å²) in [5.74, 6) is 1.25. The molecule has 1 amide bonds. The number of carbonyl (C=O) groups excluding carboxylic acids is 1. The summed E-state index contributed by atoms with van der Waals surface area (Å²) >= 11 is 5.82. The third-order valence-corrected chi connectivity index (χ3v) is 3.51. The Kier molecular flexibility index (Phi) is 4.06. The Morgan fingerprint density at radius 2 is 1.77 bits per heavy atom. The molecular formula is C16H15ClN2O3. The van der Waals surface area contributed by atoms with Crippen LogP contribution in [-0.4, -0.2) is 18.7 Å². The number of benzene rings is 2. The maximum Gasteiger partial charge on any atom is 0.246 e. The number of carbonyl (C=O) groups is 1. The van der Waals surface area contributed by atoms with Gasteiger partial charge in [-0.25, -0.2) is 0 Å². The second kappa shape index (κ2) is 6.15. The van der Waals surface area contributed by atoms with E-state index in [1.54, 1.807) is 31.2 Å². The van der Waals surface area contributed by atoms with Crippen LogP contribution in [0.25, 0.3) is 0 Å². The topological polar surface area (TPSA) is 59.6 Å². The number of rotatable bonds is 4. The van der Waals surface area contributed by atoms with Gasteiger partial charge in [0.05, 0.1) is 0 Å². The van der Waals surface area contributed by atoms with Crippen molar-refractivity contribution < 1.29 is 14.3 Å². The van der Waals surface area contributed by atoms with Crippen LogP contribution in [0.5, 0.6) is 11.5 Å². The van der Waals surface area contributed by atoms with E-state index < -0.39 is 6.04 Å². The summed E-state index contributed by atoms with van der Waals surface area (Å²) in [6.45, 7) is 2.02. The Morgan fingerprint density at radius 3 is 2.55 bits per heavy atom. The molecule has 2 aromatic carbocycles. The van der Waals surface area contributed by atoms with Gasteiger partial charge in [-0.3, -0.25) is 4.79 Å². The Morgan fingerprint density at radius 1 is 1.09 bits per heavy atom. The Balaban J connectivity index is 1.62. The standard InChI is InChI=1S/C16H15ClN2O3/c1-10(16(20)19-12-4-2-11(17)3-5-12)18-13-6-7-14-15(8-13)22-9-21-14/h2-8,10,18H,9H2,1H3,(H,19,20)/t10-/m1/s1. The number of hydrogen-bond donors (Lipinski definition) is 2. The highest BCUT2D eigenvalue weighted by Crippen LogP contribution is 2.34. The number of halogens is 1. The van der Waals surface area contributed by atoms with Crippen LogP contribution in [-0.2, 0) is 4.79 Å². The molecule has 0 unspecified atom stereocenters. The van der Waals surface area contributed by atoms with Gasteiger partial charge in [-0.1, -0.05) is 11.6 Å². The van der Waals surface area contributed by atoms with Gasteiger partial charge >= 0.3 is 0 Å². The Bertz CT molecular complexity index is 688. The van der Waals surface area contributed by atoms with Crippen molar-refractivity contribution in [3.8, 4) is 11.5 Å². The Hall–Kier alpha value is -2.40. The molecule has 0 saturated heterocycles. The van der Waals surface area contributed by atoms with Crippen LogP contribution in [0.2, 0.25) is 5.02 Å². The van der Waals surface area contributed by atoms with E-state index in [9.17, 15) is 4.79 Å². The number of fused-ring (bicyclic) bond motifs is 1. The lowest BCUT2D eigenvalue weighted by atomic mass is 10.2. The van der Waals surface area contributed by atoms with Crippen LogP contribution in [0.1, 0.15) is 6.92 Å². The normalized spacial score (nSPS) is 13.5. The first-order chi connectivity index (χ1) is 10.6. The molecule has 22 heavy (non-hydrogen) atoms. The molecule has 0 saturated carbocycles. The minimum absolute atomic E-state index is 0.139. The zero-order valence-corrected chi connectivity index (χ0v) is 12.7. The highest BCUT2D eigenvalue weighted by atomic mass is 35.5. The van der Waals surface area contributed by atoms with Crippen molar-refractivity contribution in [2.75, 3.05) is 17.4 Å². The van der Waals surface area contributed by atoms with Crippen molar-refractivity contribution in [3.63, 3.8) is 0 Å². The van der Waals surface area contributed by atoms with Gasteiger partial charge < -0.3 is 20.1 Å². The van der Waals surface area contributed by atoms with E-state index in [0.29, 0.717) is 22.2 Å². The van der Waals surface area contributed by atoms with Crippen molar-refractivity contribution in [1.82, 2.24) is 0 Å². The van der Waals surface area contributed by atoms with E-state index in [4.69, 9.17) is 21.1 Å². The number of anilines is 2. The van der Waals surface area contributed by atoms with Crippen LogP contribution in [0, 0.1) is 0 Å². The van der Waals surface area contributed by atoms with Crippen LogP contribution >= 0.6 is 11.6 Å². The van der Waals surface area contributed by atoms with Gasteiger partial charge in [-0.2, -0.15) is 0 Å². The quantitative estimate of drug-likeness (QED) is 0.905. The average Bonchev–Trinajstić information content (AvgIpc) is 2.97. The summed E-state index contributed by atoms with van der Waals surface area (Å²) < 4.78 is 10.6. The third kappa shape index (κ3) is 3.26. The number of amides is 1. The molecule has 114 valence electrons. The van der Waals surface area contributed by atoms with Gasteiger partial charge in [0.15, 0.2) is 11.5 Å². The molecule has 1 atom stereocenters. The number of hydrogen-bond acceptors (Lipinski definition) is 4. The molecule has 0 aromatic heterocycles. The van der Waals surface area contributed by atoms with Crippen molar-refractivity contribution in [1.29, 1.82) is 0 Å². The molecule has 0 fully saturated rings. The van der Waals surface area contributed by atoms with Gasteiger partial charge in [-0.05, 0) is 43.3 Å². The molecule has 0 spiro atoms. The zero-order chi connectivity index (χ0) is 15.5. The molecular weight excluding hydrogens is 304 g/mol. The maximum atomic E-state index is 12.2. The molecule has 0 bridgehead atoms. The van der Waals surface area contributed by atoms with E-state index in [1.165, 1.54) is 0 Å². The zero-order valence-electron chi connectivity index (χ0n) is 11.9. The first-order valence-electron chi connectivity index (χ1n) is 6.84. The molecule has 0 radical (unpaired) electrons. The molecule has 0 aliphatic carbocycles. The van der Waals surface area contributed by atoms with Gasteiger partial charge in [0.25, 0.3) is 0 Å². The Labute approximate surface area is 133 Å². The molecule has 1 aliphatic heterocycles. The summed E-state index contributed by atoms with van der Waals surface area (Å²) in [7, 11) is 0. The smallest absolute Gasteiger partial charge is 0.246 e. The maximum absolute atomic E-state index is 12.2. The summed E-state index contributed by atoms with van der Waals surface area (Å²) in [6.07, 6.45) is 0. The second-order valence-corrected chi connectivity index (χ2v) is 5.37. The fourth-order valence-corrected chi connectivity index (χ4v) is 2.21. The lowest BCUT2D eigenvalue weighted by Gasteiger charge is -2.15. The average molecular weight is 319 g/mol. The molecule has 3 rings (SSSR count). The molecule has 2 N–H and O–H groups in total. The third-order valence-electron chi connectivity index (χ3n) is 3.26. The van der Waals surface area contributed by atoms with Crippen molar-refractivity contribution in [2.24, 2.45) is 0 Å². The van der Waals surface area contributed by atoms with E-state index in [-0.39, 0.29) is 12.7 Å². The summed E-state index contributed by atoms with van der Waals surface area (Å²) in [6, 6.07) is 12.0. The predicted octanol–water partition coefficient (Wildman–Crippen LogP) is 3.51. The van der Waals surface area contributed by atoms with Crippen LogP contribution in [0.3, 0.4) is 0 Å². The first-order valence-corrected chi connectivity index (χ1v) is 7.22. The molecule has 1 aliphatic rings. The van der Waals surface area contributed by atoms with E-state index in [1.807, 2.05) is 18.2 Å². The largest absolute Gasteiger partial charge is 0.454 e. The monoisotopic (exact) mass is 318 g/mol. The minimum atomic E-state index is -0.406. The lowest BCUT2D eigenvalue weighted by molar-refractivity contribution is -0.116. The summed E-state index contributed by atoms with van der Waals surface area (Å²) in [5, 5.41) is 6.58.